The summed E-state index contributed by atoms with van der Waals surface area (Å²) in [7, 11) is 0. The molecule has 112 valence electrons. The summed E-state index contributed by atoms with van der Waals surface area (Å²) in [5.74, 6) is -0.203. The molecule has 0 aliphatic carbocycles. The van der Waals surface area contributed by atoms with Gasteiger partial charge in [0, 0.05) is 6.04 Å². The highest BCUT2D eigenvalue weighted by molar-refractivity contribution is 9.10. The van der Waals surface area contributed by atoms with Crippen molar-refractivity contribution in [3.05, 3.63) is 34.1 Å². The van der Waals surface area contributed by atoms with E-state index in [2.05, 4.69) is 33.1 Å². The van der Waals surface area contributed by atoms with Gasteiger partial charge in [0.05, 0.1) is 4.47 Å². The molecule has 2 nitrogen and oxygen atoms in total. The van der Waals surface area contributed by atoms with Gasteiger partial charge in [-0.1, -0.05) is 12.5 Å². The number of benzene rings is 1. The van der Waals surface area contributed by atoms with Crippen molar-refractivity contribution in [3.63, 3.8) is 0 Å². The van der Waals surface area contributed by atoms with E-state index in [1.807, 2.05) is 12.1 Å². The van der Waals surface area contributed by atoms with Crippen LogP contribution in [0.15, 0.2) is 22.7 Å². The molecule has 1 N–H and O–H groups in total. The van der Waals surface area contributed by atoms with Crippen LogP contribution in [-0.2, 0) is 0 Å². The lowest BCUT2D eigenvalue weighted by Crippen LogP contribution is -2.32. The zero-order valence-electron chi connectivity index (χ0n) is 12.2. The number of piperidine rings is 1. The normalized spacial score (nSPS) is 18.1. The molecule has 1 aliphatic heterocycles. The summed E-state index contributed by atoms with van der Waals surface area (Å²) in [5.41, 5.74) is 1.12. The van der Waals surface area contributed by atoms with Crippen molar-refractivity contribution in [3.8, 4) is 0 Å². The van der Waals surface area contributed by atoms with E-state index in [0.717, 1.165) is 12.1 Å². The van der Waals surface area contributed by atoms with Gasteiger partial charge in [0.15, 0.2) is 0 Å². The highest BCUT2D eigenvalue weighted by atomic mass is 79.9. The van der Waals surface area contributed by atoms with Crippen molar-refractivity contribution in [1.29, 1.82) is 0 Å². The second-order valence-electron chi connectivity index (χ2n) is 5.61. The average Bonchev–Trinajstić information content (AvgIpc) is 2.47. The van der Waals surface area contributed by atoms with Crippen LogP contribution in [0.1, 0.15) is 44.2 Å². The highest BCUT2D eigenvalue weighted by Crippen LogP contribution is 2.21. The van der Waals surface area contributed by atoms with Gasteiger partial charge in [-0.05, 0) is 86.0 Å². The van der Waals surface area contributed by atoms with E-state index < -0.39 is 0 Å². The standard InChI is InChI=1S/C16H24BrFN2/c1-13(14-6-7-16(18)15(17)12-14)19-8-5-11-20-9-3-2-4-10-20/h6-7,12-13,19H,2-5,8-11H2,1H3. The minimum atomic E-state index is -0.203. The minimum Gasteiger partial charge on any atom is -0.310 e. The maximum atomic E-state index is 13.2. The Bertz CT molecular complexity index is 419. The summed E-state index contributed by atoms with van der Waals surface area (Å²) in [6, 6.07) is 5.49. The SMILES string of the molecule is CC(NCCCN1CCCCC1)c1ccc(F)c(Br)c1. The quantitative estimate of drug-likeness (QED) is 0.782. The molecule has 0 bridgehead atoms. The van der Waals surface area contributed by atoms with Crippen LogP contribution < -0.4 is 5.32 Å². The zero-order chi connectivity index (χ0) is 14.4. The summed E-state index contributed by atoms with van der Waals surface area (Å²) in [6.45, 7) is 6.85. The monoisotopic (exact) mass is 342 g/mol. The molecule has 1 aliphatic rings. The van der Waals surface area contributed by atoms with Gasteiger partial charge in [0.25, 0.3) is 0 Å². The molecule has 0 spiro atoms. The average molecular weight is 343 g/mol. The smallest absolute Gasteiger partial charge is 0.137 e. The van der Waals surface area contributed by atoms with Crippen LogP contribution in [0, 0.1) is 5.82 Å². The van der Waals surface area contributed by atoms with E-state index in [0.29, 0.717) is 4.47 Å². The molecule has 1 fully saturated rings. The van der Waals surface area contributed by atoms with Crippen LogP contribution in [0.2, 0.25) is 0 Å². The summed E-state index contributed by atoms with van der Waals surface area (Å²) in [5, 5.41) is 3.52. The largest absolute Gasteiger partial charge is 0.310 e. The Morgan fingerprint density at radius 1 is 1.30 bits per heavy atom. The molecule has 0 amide bonds. The molecule has 1 aromatic rings. The molecule has 1 heterocycles. The van der Waals surface area contributed by atoms with Crippen molar-refractivity contribution in [2.24, 2.45) is 0 Å². The van der Waals surface area contributed by atoms with E-state index in [1.54, 1.807) is 0 Å². The lowest BCUT2D eigenvalue weighted by Gasteiger charge is -2.26. The van der Waals surface area contributed by atoms with Crippen LogP contribution >= 0.6 is 15.9 Å². The first-order chi connectivity index (χ1) is 9.66. The van der Waals surface area contributed by atoms with E-state index in [9.17, 15) is 4.39 Å². The first-order valence-corrected chi connectivity index (χ1v) is 8.37. The molecule has 0 saturated carbocycles. The Labute approximate surface area is 129 Å². The summed E-state index contributed by atoms with van der Waals surface area (Å²) in [4.78, 5) is 2.56. The number of nitrogens with zero attached hydrogens (tertiary/aromatic N) is 1. The molecule has 1 atom stereocenters. The Morgan fingerprint density at radius 2 is 2.05 bits per heavy atom. The lowest BCUT2D eigenvalue weighted by molar-refractivity contribution is 0.225. The molecule has 2 rings (SSSR count). The number of rotatable bonds is 6. The van der Waals surface area contributed by atoms with Gasteiger partial charge >= 0.3 is 0 Å². The van der Waals surface area contributed by atoms with Gasteiger partial charge in [-0.2, -0.15) is 0 Å². The number of hydrogen-bond donors (Lipinski definition) is 1. The summed E-state index contributed by atoms with van der Waals surface area (Å²) < 4.78 is 13.7. The molecule has 1 aromatic carbocycles. The third-order valence-electron chi connectivity index (χ3n) is 3.99. The van der Waals surface area contributed by atoms with Crippen LogP contribution in [0.25, 0.3) is 0 Å². The zero-order valence-corrected chi connectivity index (χ0v) is 13.8. The van der Waals surface area contributed by atoms with E-state index in [-0.39, 0.29) is 11.9 Å². The van der Waals surface area contributed by atoms with E-state index >= 15 is 0 Å². The first kappa shape index (κ1) is 15.9. The Hall–Kier alpha value is -0.450. The van der Waals surface area contributed by atoms with Gasteiger partial charge in [0.1, 0.15) is 5.82 Å². The number of nitrogens with one attached hydrogen (secondary N) is 1. The fourth-order valence-corrected chi connectivity index (χ4v) is 3.10. The maximum absolute atomic E-state index is 13.2. The molecule has 1 unspecified atom stereocenters. The summed E-state index contributed by atoms with van der Waals surface area (Å²) in [6.07, 6.45) is 5.28. The Balaban J connectivity index is 1.69. The number of halogens is 2. The molecule has 20 heavy (non-hydrogen) atoms. The molecular weight excluding hydrogens is 319 g/mol. The van der Waals surface area contributed by atoms with Crippen LogP contribution in [0.3, 0.4) is 0 Å². The predicted molar refractivity (Wildman–Crippen MR) is 85.4 cm³/mol. The highest BCUT2D eigenvalue weighted by Gasteiger charge is 2.10. The molecule has 0 aromatic heterocycles. The van der Waals surface area contributed by atoms with Gasteiger partial charge in [0.2, 0.25) is 0 Å². The van der Waals surface area contributed by atoms with Gasteiger partial charge in [-0.3, -0.25) is 0 Å². The van der Waals surface area contributed by atoms with E-state index in [4.69, 9.17) is 0 Å². The van der Waals surface area contributed by atoms with Crippen molar-refractivity contribution in [2.75, 3.05) is 26.2 Å². The number of likely N-dealkylation sites (tertiary alicyclic amines) is 1. The van der Waals surface area contributed by atoms with Crippen molar-refractivity contribution in [1.82, 2.24) is 10.2 Å². The predicted octanol–water partition coefficient (Wildman–Crippen LogP) is 4.11. The van der Waals surface area contributed by atoms with Crippen molar-refractivity contribution in [2.45, 2.75) is 38.6 Å². The third kappa shape index (κ3) is 4.83. The van der Waals surface area contributed by atoms with Crippen LogP contribution in [0.4, 0.5) is 4.39 Å². The second-order valence-corrected chi connectivity index (χ2v) is 6.46. The van der Waals surface area contributed by atoms with Gasteiger partial charge in [-0.15, -0.1) is 0 Å². The minimum absolute atomic E-state index is 0.203. The Morgan fingerprint density at radius 3 is 2.75 bits per heavy atom. The summed E-state index contributed by atoms with van der Waals surface area (Å²) >= 11 is 3.24. The Kier molecular flexibility index (Phi) is 6.46. The van der Waals surface area contributed by atoms with Crippen molar-refractivity contribution >= 4 is 15.9 Å². The van der Waals surface area contributed by atoms with Gasteiger partial charge < -0.3 is 10.2 Å². The van der Waals surface area contributed by atoms with Crippen LogP contribution in [-0.4, -0.2) is 31.1 Å². The van der Waals surface area contributed by atoms with Crippen LogP contribution in [0.5, 0.6) is 0 Å². The molecule has 4 heteroatoms. The van der Waals surface area contributed by atoms with Crippen molar-refractivity contribution < 1.29 is 4.39 Å². The topological polar surface area (TPSA) is 15.3 Å². The third-order valence-corrected chi connectivity index (χ3v) is 4.60. The fraction of sp³-hybridized carbons (Fsp3) is 0.625. The lowest BCUT2D eigenvalue weighted by atomic mass is 10.1. The van der Waals surface area contributed by atoms with E-state index in [1.165, 1.54) is 51.4 Å². The van der Waals surface area contributed by atoms with Gasteiger partial charge in [-0.25, -0.2) is 4.39 Å². The fourth-order valence-electron chi connectivity index (χ4n) is 2.70. The maximum Gasteiger partial charge on any atom is 0.137 e. The molecule has 1 saturated heterocycles. The number of hydrogen-bond acceptors (Lipinski definition) is 2. The second kappa shape index (κ2) is 8.11. The first-order valence-electron chi connectivity index (χ1n) is 7.57. The molecule has 0 radical (unpaired) electrons. The molecular formula is C16H24BrFN2.